The number of allylic oxidation sites excluding steroid dienone is 1. The predicted molar refractivity (Wildman–Crippen MR) is 158 cm³/mol. The minimum atomic E-state index is 0.651. The second-order valence-electron chi connectivity index (χ2n) is 8.81. The van der Waals surface area contributed by atoms with Gasteiger partial charge in [0.25, 0.3) is 0 Å². The summed E-state index contributed by atoms with van der Waals surface area (Å²) < 4.78 is 6.73. The molecule has 0 aliphatic carbocycles. The highest BCUT2D eigenvalue weighted by Gasteiger charge is 2.27. The van der Waals surface area contributed by atoms with Crippen molar-refractivity contribution in [2.75, 3.05) is 12.0 Å². The van der Waals surface area contributed by atoms with Gasteiger partial charge < -0.3 is 9.64 Å². The Hall–Kier alpha value is -3.31. The van der Waals surface area contributed by atoms with Crippen molar-refractivity contribution < 1.29 is 4.74 Å². The van der Waals surface area contributed by atoms with Crippen molar-refractivity contribution in [3.05, 3.63) is 123 Å². The normalized spacial score (nSPS) is 12.9. The third-order valence-electron chi connectivity index (χ3n) is 6.65. The Morgan fingerprint density at radius 1 is 0.838 bits per heavy atom. The lowest BCUT2D eigenvalue weighted by atomic mass is 9.92. The van der Waals surface area contributed by atoms with Crippen LogP contribution in [-0.2, 0) is 6.42 Å². The van der Waals surface area contributed by atoms with Crippen molar-refractivity contribution in [3.63, 3.8) is 0 Å². The number of pyridine rings is 1. The van der Waals surface area contributed by atoms with Gasteiger partial charge in [-0.3, -0.25) is 4.98 Å². The van der Waals surface area contributed by atoms with Gasteiger partial charge in [-0.05, 0) is 54.1 Å². The van der Waals surface area contributed by atoms with Gasteiger partial charge in [-0.25, -0.2) is 0 Å². The van der Waals surface area contributed by atoms with Crippen molar-refractivity contribution in [2.24, 2.45) is 0 Å². The number of para-hydroxylation sites is 1. The second-order valence-corrected chi connectivity index (χ2v) is 10.5. The molecule has 0 spiro atoms. The van der Waals surface area contributed by atoms with Gasteiger partial charge in [0.1, 0.15) is 5.75 Å². The van der Waals surface area contributed by atoms with Crippen LogP contribution < -0.4 is 9.64 Å². The predicted octanol–water partition coefficient (Wildman–Crippen LogP) is 9.71. The van der Waals surface area contributed by atoms with Gasteiger partial charge in [-0.1, -0.05) is 75.5 Å². The highest BCUT2D eigenvalue weighted by atomic mass is 79.9. The van der Waals surface area contributed by atoms with Gasteiger partial charge in [0.2, 0.25) is 0 Å². The monoisotopic (exact) mass is 586 g/mol. The number of aromatic nitrogens is 1. The number of hydrogen-bond acceptors (Lipinski definition) is 3. The number of ether oxygens (including phenoxy) is 1. The van der Waals surface area contributed by atoms with Crippen LogP contribution in [0.1, 0.15) is 11.1 Å². The van der Waals surface area contributed by atoms with Crippen molar-refractivity contribution in [1.82, 2.24) is 4.98 Å². The molecule has 0 radical (unpaired) electrons. The molecule has 182 valence electrons. The lowest BCUT2D eigenvalue weighted by Gasteiger charge is -2.32. The molecule has 1 aliphatic rings. The van der Waals surface area contributed by atoms with Crippen molar-refractivity contribution in [1.29, 1.82) is 0 Å². The molecule has 0 fully saturated rings. The van der Waals surface area contributed by atoms with E-state index in [-0.39, 0.29) is 0 Å². The van der Waals surface area contributed by atoms with Crippen LogP contribution in [0.3, 0.4) is 0 Å². The minimum Gasteiger partial charge on any atom is -0.496 e. The maximum absolute atomic E-state index is 6.90. The first-order valence-corrected chi connectivity index (χ1v) is 13.3. The van der Waals surface area contributed by atoms with Crippen LogP contribution in [0.2, 0.25) is 10.0 Å². The molecule has 0 atom stereocenters. The zero-order valence-corrected chi connectivity index (χ0v) is 23.0. The smallest absolute Gasteiger partial charge is 0.124 e. The molecule has 5 aromatic rings. The number of benzene rings is 4. The van der Waals surface area contributed by atoms with Gasteiger partial charge in [0.05, 0.1) is 29.0 Å². The van der Waals surface area contributed by atoms with Crippen LogP contribution >= 0.6 is 39.1 Å². The Kier molecular flexibility index (Phi) is 6.41. The summed E-state index contributed by atoms with van der Waals surface area (Å²) in [4.78, 5) is 6.89. The lowest BCUT2D eigenvalue weighted by molar-refractivity contribution is 0.411. The van der Waals surface area contributed by atoms with E-state index in [2.05, 4.69) is 51.3 Å². The minimum absolute atomic E-state index is 0.651. The Morgan fingerprint density at radius 3 is 2.38 bits per heavy atom. The largest absolute Gasteiger partial charge is 0.496 e. The zero-order chi connectivity index (χ0) is 25.5. The topological polar surface area (TPSA) is 25.4 Å². The standard InChI is InChI=1S/C31H21BrCl2N2O/c1-37-29-14-6-12-27-22(29)16-21(30-23(32)8-4-9-24(30)33)18-36(27)28-13-5-10-25(34)31(28)20-15-19-7-2-3-11-26(19)35-17-20/h2-15,17-18H,16H2,1H3. The maximum Gasteiger partial charge on any atom is 0.124 e. The molecular weight excluding hydrogens is 567 g/mol. The first-order chi connectivity index (χ1) is 18.0. The molecule has 37 heavy (non-hydrogen) atoms. The highest BCUT2D eigenvalue weighted by Crippen LogP contribution is 2.48. The van der Waals surface area contributed by atoms with Gasteiger partial charge in [0, 0.05) is 56.0 Å². The third kappa shape index (κ3) is 4.29. The SMILES string of the molecule is COc1cccc2c1CC(c1c(Cl)cccc1Br)=CN2c1cccc(Cl)c1-c1cnc2ccccc2c1. The number of halogens is 3. The van der Waals surface area contributed by atoms with Crippen molar-refractivity contribution in [2.45, 2.75) is 6.42 Å². The molecular formula is C31H21BrCl2N2O. The third-order valence-corrected chi connectivity index (χ3v) is 7.94. The van der Waals surface area contributed by atoms with E-state index in [0.717, 1.165) is 60.3 Å². The lowest BCUT2D eigenvalue weighted by Crippen LogP contribution is -2.18. The number of hydrogen-bond donors (Lipinski definition) is 0. The number of rotatable bonds is 4. The van der Waals surface area contributed by atoms with Gasteiger partial charge >= 0.3 is 0 Å². The zero-order valence-electron chi connectivity index (χ0n) is 19.9. The quantitative estimate of drug-likeness (QED) is 0.209. The summed E-state index contributed by atoms with van der Waals surface area (Å²) >= 11 is 17.3. The van der Waals surface area contributed by atoms with E-state index >= 15 is 0 Å². The summed E-state index contributed by atoms with van der Waals surface area (Å²) in [5.74, 6) is 0.826. The van der Waals surface area contributed by atoms with Crippen molar-refractivity contribution in [3.8, 4) is 16.9 Å². The molecule has 3 nitrogen and oxygen atoms in total. The molecule has 0 N–H and O–H groups in total. The van der Waals surface area contributed by atoms with Gasteiger partial charge in [0.15, 0.2) is 0 Å². The molecule has 0 bridgehead atoms. The van der Waals surface area contributed by atoms with E-state index in [1.165, 1.54) is 0 Å². The molecule has 0 unspecified atom stereocenters. The van der Waals surface area contributed by atoms with Crippen LogP contribution in [0, 0.1) is 0 Å². The maximum atomic E-state index is 6.90. The van der Waals surface area contributed by atoms with E-state index in [9.17, 15) is 0 Å². The molecule has 4 aromatic carbocycles. The second kappa shape index (κ2) is 9.86. The average Bonchev–Trinajstić information content (AvgIpc) is 2.92. The summed E-state index contributed by atoms with van der Waals surface area (Å²) in [6.07, 6.45) is 4.71. The van der Waals surface area contributed by atoms with Crippen LogP contribution in [0.5, 0.6) is 5.75 Å². The van der Waals surface area contributed by atoms with Gasteiger partial charge in [-0.15, -0.1) is 0 Å². The molecule has 0 amide bonds. The number of nitrogens with zero attached hydrogens (tertiary/aromatic N) is 2. The van der Waals surface area contributed by atoms with Crippen LogP contribution in [0.25, 0.3) is 27.6 Å². The average molecular weight is 588 g/mol. The molecule has 6 heteroatoms. The summed E-state index contributed by atoms with van der Waals surface area (Å²) in [6.45, 7) is 0. The van der Waals surface area contributed by atoms with E-state index in [1.54, 1.807) is 7.11 Å². The molecule has 6 rings (SSSR count). The molecule has 0 saturated carbocycles. The fourth-order valence-corrected chi connectivity index (χ4v) is 6.28. The summed E-state index contributed by atoms with van der Waals surface area (Å²) in [5, 5.41) is 2.39. The van der Waals surface area contributed by atoms with Crippen LogP contribution in [0.15, 0.2) is 102 Å². The van der Waals surface area contributed by atoms with E-state index < -0.39 is 0 Å². The van der Waals surface area contributed by atoms with Crippen LogP contribution in [0.4, 0.5) is 11.4 Å². The molecule has 1 aliphatic heterocycles. The van der Waals surface area contributed by atoms with E-state index in [0.29, 0.717) is 16.5 Å². The first kappa shape index (κ1) is 24.1. The number of methoxy groups -OCH3 is 1. The molecule has 0 saturated heterocycles. The summed E-state index contributed by atoms with van der Waals surface area (Å²) in [6, 6.07) is 28.2. The number of anilines is 2. The Labute approximate surface area is 234 Å². The van der Waals surface area contributed by atoms with E-state index in [4.69, 9.17) is 32.9 Å². The highest BCUT2D eigenvalue weighted by molar-refractivity contribution is 9.10. The van der Waals surface area contributed by atoms with Crippen LogP contribution in [-0.4, -0.2) is 12.1 Å². The fourth-order valence-electron chi connectivity index (χ4n) is 4.97. The summed E-state index contributed by atoms with van der Waals surface area (Å²) in [5.41, 5.74) is 7.88. The fraction of sp³-hybridized carbons (Fsp3) is 0.0645. The Bertz CT molecular complexity index is 1680. The Morgan fingerprint density at radius 2 is 1.57 bits per heavy atom. The van der Waals surface area contributed by atoms with Gasteiger partial charge in [-0.2, -0.15) is 0 Å². The molecule has 2 heterocycles. The molecule has 1 aromatic heterocycles. The number of fused-ring (bicyclic) bond motifs is 2. The Balaban J connectivity index is 1.61. The van der Waals surface area contributed by atoms with E-state index in [1.807, 2.05) is 66.9 Å². The first-order valence-electron chi connectivity index (χ1n) is 11.8. The summed E-state index contributed by atoms with van der Waals surface area (Å²) in [7, 11) is 1.70. The van der Waals surface area contributed by atoms with Crippen molar-refractivity contribution >= 4 is 67.0 Å².